The van der Waals surface area contributed by atoms with E-state index >= 15 is 0 Å². The van der Waals surface area contributed by atoms with Crippen LogP contribution in [-0.2, 0) is 20.8 Å². The van der Waals surface area contributed by atoms with Gasteiger partial charge in [0.05, 0.1) is 11.5 Å². The molecule has 2 saturated carbocycles. The van der Waals surface area contributed by atoms with Gasteiger partial charge in [0.25, 0.3) is 0 Å². The maximum absolute atomic E-state index is 14.0. The monoisotopic (exact) mass is 655 g/mol. The second-order valence-electron chi connectivity index (χ2n) is 14.2. The molecule has 3 amide bonds. The van der Waals surface area contributed by atoms with E-state index in [1.165, 1.54) is 31.4 Å². The summed E-state index contributed by atoms with van der Waals surface area (Å²) < 4.78 is 13.6. The first-order chi connectivity index (χ1) is 20.0. The largest absolute Gasteiger partial charge is 0.351 e. The minimum Gasteiger partial charge on any atom is -0.351 e. The summed E-state index contributed by atoms with van der Waals surface area (Å²) in [5.74, 6) is 0.461. The third-order valence-electron chi connectivity index (χ3n) is 9.94. The number of rotatable bonds is 8. The fourth-order valence-corrected chi connectivity index (χ4v) is 7.32. The van der Waals surface area contributed by atoms with Crippen LogP contribution in [0.5, 0.6) is 0 Å². The van der Waals surface area contributed by atoms with Crippen LogP contribution in [0.4, 0.5) is 4.39 Å². The normalized spacial score (nSPS) is 24.7. The van der Waals surface area contributed by atoms with E-state index in [0.29, 0.717) is 50.4 Å². The van der Waals surface area contributed by atoms with Crippen LogP contribution in [0.1, 0.15) is 84.1 Å². The second-order valence-corrected chi connectivity index (χ2v) is 14.2. The summed E-state index contributed by atoms with van der Waals surface area (Å²) in [5.41, 5.74) is -0.0101. The van der Waals surface area contributed by atoms with E-state index < -0.39 is 17.5 Å². The molecule has 248 valence electrons. The summed E-state index contributed by atoms with van der Waals surface area (Å²) in [7, 11) is 0. The number of piperazine rings is 1. The molecular weight excluding hydrogens is 604 g/mol. The summed E-state index contributed by atoms with van der Waals surface area (Å²) in [6.45, 7) is 8.28. The van der Waals surface area contributed by atoms with Gasteiger partial charge in [-0.2, -0.15) is 0 Å². The quantitative estimate of drug-likeness (QED) is 0.337. The molecule has 0 spiro atoms. The Balaban J connectivity index is 0.00000264. The molecule has 0 unspecified atom stereocenters. The van der Waals surface area contributed by atoms with E-state index in [9.17, 15) is 18.8 Å². The molecule has 44 heavy (non-hydrogen) atoms. The SMILES string of the molecule is CC(C)(C)NC(=O)C1(C2CCCCC2)CCN(C(=O)[C@@H](Cc2ccc(F)cc2)NC(=O)[C@@H]2CN[C@@H](C3CC3)CN2)CC1.Cl.Cl. The molecule has 0 bridgehead atoms. The molecule has 8 nitrogen and oxygen atoms in total. The zero-order valence-electron chi connectivity index (χ0n) is 26.5. The van der Waals surface area contributed by atoms with Gasteiger partial charge in [-0.25, -0.2) is 4.39 Å². The van der Waals surface area contributed by atoms with Crippen LogP contribution in [-0.4, -0.2) is 72.5 Å². The molecule has 1 aromatic carbocycles. The van der Waals surface area contributed by atoms with Crippen LogP contribution >= 0.6 is 24.8 Å². The van der Waals surface area contributed by atoms with E-state index in [1.54, 1.807) is 12.1 Å². The lowest BCUT2D eigenvalue weighted by Crippen LogP contribution is -2.63. The van der Waals surface area contributed by atoms with Gasteiger partial charge in [0.15, 0.2) is 0 Å². The van der Waals surface area contributed by atoms with Gasteiger partial charge < -0.3 is 26.2 Å². The highest BCUT2D eigenvalue weighted by atomic mass is 35.5. The van der Waals surface area contributed by atoms with Gasteiger partial charge in [-0.05, 0) is 88.8 Å². The van der Waals surface area contributed by atoms with Gasteiger partial charge in [-0.15, -0.1) is 24.8 Å². The first-order valence-electron chi connectivity index (χ1n) is 16.2. The standard InChI is InChI=1S/C33H50FN5O3.2ClH/c1-32(2,3)38-31(42)33(24-7-5-4-6-8-24)15-17-39(18-16-33)30(41)26(19-22-9-13-25(34)14-10-22)37-29(40)28-21-35-27(20-36-28)23-11-12-23;;/h9-10,13-14,23-24,26-28,35-36H,4-8,11-12,15-21H2,1-3H3,(H,37,40)(H,38,42);2*1H/t26-,27-,28+;;/m1../s1. The Kier molecular flexibility index (Phi) is 12.9. The first kappa shape index (κ1) is 36.5. The number of piperidine rings is 1. The van der Waals surface area contributed by atoms with Crippen molar-refractivity contribution in [1.82, 2.24) is 26.2 Å². The highest BCUT2D eigenvalue weighted by Gasteiger charge is 2.49. The molecule has 4 aliphatic rings. The third-order valence-corrected chi connectivity index (χ3v) is 9.94. The number of carbonyl (C=O) groups is 3. The minimum absolute atomic E-state index is 0. The van der Waals surface area contributed by atoms with Gasteiger partial charge >= 0.3 is 0 Å². The zero-order valence-corrected chi connectivity index (χ0v) is 28.1. The molecule has 0 radical (unpaired) electrons. The third kappa shape index (κ3) is 9.08. The van der Waals surface area contributed by atoms with Crippen molar-refractivity contribution >= 4 is 42.5 Å². The Bertz CT molecular complexity index is 1110. The van der Waals surface area contributed by atoms with Crippen LogP contribution in [0.25, 0.3) is 0 Å². The summed E-state index contributed by atoms with van der Waals surface area (Å²) in [4.78, 5) is 43.0. The van der Waals surface area contributed by atoms with E-state index in [-0.39, 0.29) is 60.3 Å². The Labute approximate surface area is 274 Å². The molecule has 2 aliphatic carbocycles. The topological polar surface area (TPSA) is 103 Å². The number of likely N-dealkylation sites (tertiary alicyclic amines) is 1. The van der Waals surface area contributed by atoms with Gasteiger partial charge in [0.2, 0.25) is 17.7 Å². The lowest BCUT2D eigenvalue weighted by Gasteiger charge is -2.48. The number of hydrogen-bond donors (Lipinski definition) is 4. The fraction of sp³-hybridized carbons (Fsp3) is 0.727. The van der Waals surface area contributed by atoms with E-state index in [1.807, 2.05) is 25.7 Å². The fourth-order valence-electron chi connectivity index (χ4n) is 7.32. The average molecular weight is 657 g/mol. The lowest BCUT2D eigenvalue weighted by molar-refractivity contribution is -0.147. The van der Waals surface area contributed by atoms with Gasteiger partial charge in [-0.1, -0.05) is 31.4 Å². The number of carbonyl (C=O) groups excluding carboxylic acids is 3. The average Bonchev–Trinajstić information content (AvgIpc) is 3.83. The maximum atomic E-state index is 14.0. The second kappa shape index (κ2) is 15.6. The summed E-state index contributed by atoms with van der Waals surface area (Å²) in [6, 6.07) is 5.33. The molecule has 4 fully saturated rings. The van der Waals surface area contributed by atoms with E-state index in [4.69, 9.17) is 0 Å². The van der Waals surface area contributed by atoms with E-state index in [2.05, 4.69) is 21.3 Å². The zero-order chi connectivity index (χ0) is 29.9. The number of hydrogen-bond acceptors (Lipinski definition) is 5. The van der Waals surface area contributed by atoms with Crippen LogP contribution in [0.2, 0.25) is 0 Å². The van der Waals surface area contributed by atoms with Crippen LogP contribution in [0.3, 0.4) is 0 Å². The van der Waals surface area contributed by atoms with Crippen molar-refractivity contribution in [1.29, 1.82) is 0 Å². The smallest absolute Gasteiger partial charge is 0.245 e. The molecule has 1 aromatic rings. The van der Waals surface area contributed by atoms with Crippen molar-refractivity contribution < 1.29 is 18.8 Å². The van der Waals surface area contributed by atoms with Crippen molar-refractivity contribution in [2.24, 2.45) is 17.3 Å². The molecule has 0 aromatic heterocycles. The minimum atomic E-state index is -0.767. The number of nitrogens with one attached hydrogen (secondary N) is 4. The van der Waals surface area contributed by atoms with Gasteiger partial charge in [0, 0.05) is 44.2 Å². The predicted molar refractivity (Wildman–Crippen MR) is 176 cm³/mol. The molecule has 2 aliphatic heterocycles. The highest BCUT2D eigenvalue weighted by molar-refractivity contribution is 5.91. The summed E-state index contributed by atoms with van der Waals surface area (Å²) >= 11 is 0. The summed E-state index contributed by atoms with van der Waals surface area (Å²) in [5, 5.41) is 13.2. The van der Waals surface area contributed by atoms with Crippen molar-refractivity contribution in [3.05, 3.63) is 35.6 Å². The number of nitrogens with zero attached hydrogens (tertiary/aromatic N) is 1. The van der Waals surface area contributed by atoms with Crippen LogP contribution in [0.15, 0.2) is 24.3 Å². The maximum Gasteiger partial charge on any atom is 0.245 e. The summed E-state index contributed by atoms with van der Waals surface area (Å²) in [6.07, 6.45) is 9.63. The molecular formula is C33H52Cl2FN5O3. The Morgan fingerprint density at radius 1 is 0.955 bits per heavy atom. The molecule has 5 rings (SSSR count). The molecule has 11 heteroatoms. The van der Waals surface area contributed by atoms with Crippen molar-refractivity contribution in [3.8, 4) is 0 Å². The molecule has 4 N–H and O–H groups in total. The number of amides is 3. The molecule has 2 saturated heterocycles. The van der Waals surface area contributed by atoms with Crippen LogP contribution in [0, 0.1) is 23.1 Å². The van der Waals surface area contributed by atoms with E-state index in [0.717, 1.165) is 37.8 Å². The Morgan fingerprint density at radius 3 is 2.14 bits per heavy atom. The molecule has 2 heterocycles. The first-order valence-corrected chi connectivity index (χ1v) is 16.2. The number of benzene rings is 1. The van der Waals surface area contributed by atoms with Crippen molar-refractivity contribution in [3.63, 3.8) is 0 Å². The van der Waals surface area contributed by atoms with Crippen LogP contribution < -0.4 is 21.3 Å². The Hall–Kier alpha value is -1.94. The van der Waals surface area contributed by atoms with Gasteiger partial charge in [-0.3, -0.25) is 14.4 Å². The lowest BCUT2D eigenvalue weighted by atomic mass is 9.63. The molecule has 3 atom stereocenters. The van der Waals surface area contributed by atoms with Gasteiger partial charge in [0.1, 0.15) is 11.9 Å². The highest BCUT2D eigenvalue weighted by Crippen LogP contribution is 2.46. The number of halogens is 3. The predicted octanol–water partition coefficient (Wildman–Crippen LogP) is 4.14. The Morgan fingerprint density at radius 2 is 1.59 bits per heavy atom. The van der Waals surface area contributed by atoms with Crippen molar-refractivity contribution in [2.45, 2.75) is 109 Å². The van der Waals surface area contributed by atoms with Crippen molar-refractivity contribution in [2.75, 3.05) is 26.2 Å².